The van der Waals surface area contributed by atoms with Gasteiger partial charge in [-0.2, -0.15) is 0 Å². The molecular formula is C47H56Cl4Zr. The molecule has 0 bridgehead atoms. The van der Waals surface area contributed by atoms with Crippen molar-refractivity contribution in [2.45, 2.75) is 115 Å². The van der Waals surface area contributed by atoms with Crippen molar-refractivity contribution < 1.29 is 21.3 Å². The zero-order valence-corrected chi connectivity index (χ0v) is 38.6. The van der Waals surface area contributed by atoms with Crippen LogP contribution in [0.5, 0.6) is 0 Å². The first-order valence-electron chi connectivity index (χ1n) is 18.2. The predicted octanol–water partition coefficient (Wildman–Crippen LogP) is 14.8. The van der Waals surface area contributed by atoms with Gasteiger partial charge in [-0.1, -0.05) is 0 Å². The van der Waals surface area contributed by atoms with E-state index in [4.69, 9.17) is 23.2 Å². The Labute approximate surface area is 344 Å². The van der Waals surface area contributed by atoms with Gasteiger partial charge in [-0.15, -0.1) is 24.8 Å². The molecule has 5 heteroatoms. The van der Waals surface area contributed by atoms with Crippen molar-refractivity contribution in [3.63, 3.8) is 0 Å². The van der Waals surface area contributed by atoms with E-state index < -0.39 is 21.3 Å². The van der Waals surface area contributed by atoms with Crippen LogP contribution in [0.15, 0.2) is 94.3 Å². The average Bonchev–Trinajstić information content (AvgIpc) is 3.65. The van der Waals surface area contributed by atoms with E-state index in [-0.39, 0.29) is 46.5 Å². The standard InChI is InChI=1S/C29H41.C13H8Cl2.C5H5.2ClH.Zr/c1-26(2,3)22-14-18-13-19-15-23(27(4,5)6)25(29(10,11)12)17-21(19)20(18)16-24(22)28(7,8)9;14-12-5-1-10(2-6-12)9-11-3-7-13(15)8-4-11;1-2-4-5-3-1;;;/h13-17H,1-12H3;1-8H;1-3H,4H2;2*1H;. The largest absolute Gasteiger partial charge is 0.147 e. The average molecular weight is 854 g/mol. The van der Waals surface area contributed by atoms with Gasteiger partial charge in [0.1, 0.15) is 0 Å². The van der Waals surface area contributed by atoms with Crippen LogP contribution in [0.1, 0.15) is 138 Å². The molecule has 0 radical (unpaired) electrons. The molecule has 0 amide bonds. The molecule has 0 atom stereocenters. The first kappa shape index (κ1) is 43.0. The van der Waals surface area contributed by atoms with Gasteiger partial charge in [-0.25, -0.2) is 0 Å². The summed E-state index contributed by atoms with van der Waals surface area (Å²) in [6.45, 7) is 28.6. The maximum atomic E-state index is 6.54. The van der Waals surface area contributed by atoms with Gasteiger partial charge < -0.3 is 0 Å². The molecule has 2 aliphatic rings. The van der Waals surface area contributed by atoms with Crippen LogP contribution in [0.25, 0.3) is 11.1 Å². The molecule has 0 nitrogen and oxygen atoms in total. The van der Waals surface area contributed by atoms with Crippen LogP contribution in [0.4, 0.5) is 0 Å². The van der Waals surface area contributed by atoms with Gasteiger partial charge in [-0.05, 0) is 0 Å². The zero-order chi connectivity index (χ0) is 36.6. The summed E-state index contributed by atoms with van der Waals surface area (Å²) in [4.78, 5) is 0. The Bertz CT molecular complexity index is 1920. The molecule has 0 saturated carbocycles. The van der Waals surface area contributed by atoms with Gasteiger partial charge in [0.2, 0.25) is 0 Å². The molecule has 0 saturated heterocycles. The molecule has 4 aromatic carbocycles. The minimum atomic E-state index is -2.93. The number of hydrogen-bond acceptors (Lipinski definition) is 0. The van der Waals surface area contributed by atoms with Crippen LogP contribution in [0.3, 0.4) is 0 Å². The molecule has 6 rings (SSSR count). The van der Waals surface area contributed by atoms with Gasteiger partial charge in [0.25, 0.3) is 0 Å². The maximum absolute atomic E-state index is 6.54. The normalized spacial score (nSPS) is 14.3. The Morgan fingerprint density at radius 1 is 0.538 bits per heavy atom. The fourth-order valence-electron chi connectivity index (χ4n) is 7.99. The molecule has 0 heterocycles. The van der Waals surface area contributed by atoms with Gasteiger partial charge in [0.05, 0.1) is 0 Å². The van der Waals surface area contributed by atoms with Crippen molar-refractivity contribution in [2.24, 2.45) is 0 Å². The summed E-state index contributed by atoms with van der Waals surface area (Å²) in [7, 11) is 0. The minimum Gasteiger partial charge on any atom is -0.147 e. The van der Waals surface area contributed by atoms with Gasteiger partial charge >= 0.3 is 322 Å². The maximum Gasteiger partial charge on any atom is -0.147 e. The molecular weight excluding hydrogens is 798 g/mol. The van der Waals surface area contributed by atoms with Crippen molar-refractivity contribution in [2.75, 3.05) is 0 Å². The van der Waals surface area contributed by atoms with Crippen molar-refractivity contribution in [3.05, 3.63) is 149 Å². The second-order valence-corrected chi connectivity index (χ2v) is 25.7. The third-order valence-electron chi connectivity index (χ3n) is 10.5. The second kappa shape index (κ2) is 15.4. The SMILES string of the molecule is CC(C)(C)c1cc2c(cc1C(C)(C)C)[CH]([Zr]([C]1=CC=CC1)=[C](c1ccc(Cl)cc1)c1ccc(Cl)cc1)c1cc(C(C)(C)C)c(C(C)(C)C)cc1-2.Cl.Cl. The molecule has 276 valence electrons. The Kier molecular flexibility index (Phi) is 12.8. The zero-order valence-electron chi connectivity index (χ0n) is 33.0. The third kappa shape index (κ3) is 8.41. The van der Waals surface area contributed by atoms with E-state index in [1.165, 1.54) is 58.8 Å². The molecule has 52 heavy (non-hydrogen) atoms. The molecule has 4 aromatic rings. The van der Waals surface area contributed by atoms with Crippen LogP contribution >= 0.6 is 48.0 Å². The Hall–Kier alpha value is -1.73. The topological polar surface area (TPSA) is 0 Å². The van der Waals surface area contributed by atoms with E-state index in [9.17, 15) is 0 Å². The summed E-state index contributed by atoms with van der Waals surface area (Å²) >= 11 is 10.2. The number of rotatable bonds is 4. The number of hydrogen-bond donors (Lipinski definition) is 0. The van der Waals surface area contributed by atoms with Crippen molar-refractivity contribution in [3.8, 4) is 11.1 Å². The first-order chi connectivity index (χ1) is 23.2. The number of halogens is 4. The van der Waals surface area contributed by atoms with Crippen molar-refractivity contribution in [1.82, 2.24) is 0 Å². The van der Waals surface area contributed by atoms with Gasteiger partial charge in [0.15, 0.2) is 0 Å². The van der Waals surface area contributed by atoms with E-state index in [0.717, 1.165) is 16.5 Å². The van der Waals surface area contributed by atoms with E-state index >= 15 is 0 Å². The smallest absolute Gasteiger partial charge is 0.147 e. The molecule has 0 N–H and O–H groups in total. The second-order valence-electron chi connectivity index (χ2n) is 18.5. The van der Waals surface area contributed by atoms with E-state index in [1.807, 2.05) is 0 Å². The summed E-state index contributed by atoms with van der Waals surface area (Å²) in [6, 6.07) is 27.7. The molecule has 0 fully saturated rings. The number of allylic oxidation sites excluding steroid dienone is 4. The van der Waals surface area contributed by atoms with Crippen LogP contribution in [0, 0.1) is 0 Å². The van der Waals surface area contributed by atoms with Crippen molar-refractivity contribution in [1.29, 1.82) is 0 Å². The van der Waals surface area contributed by atoms with Crippen LogP contribution in [0.2, 0.25) is 10.0 Å². The monoisotopic (exact) mass is 850 g/mol. The summed E-state index contributed by atoms with van der Waals surface area (Å²) in [5.74, 6) is 0. The molecule has 0 spiro atoms. The van der Waals surface area contributed by atoms with E-state index in [1.54, 1.807) is 3.28 Å². The van der Waals surface area contributed by atoms with E-state index in [2.05, 4.69) is 174 Å². The van der Waals surface area contributed by atoms with Crippen LogP contribution in [-0.2, 0) is 42.9 Å². The Balaban J connectivity index is 0.00000302. The van der Waals surface area contributed by atoms with Gasteiger partial charge in [-0.3, -0.25) is 0 Å². The van der Waals surface area contributed by atoms with Crippen LogP contribution < -0.4 is 0 Å². The third-order valence-corrected chi connectivity index (χ3v) is 19.3. The number of fused-ring (bicyclic) bond motifs is 3. The summed E-state index contributed by atoms with van der Waals surface area (Å²) in [5.41, 5.74) is 14.3. The molecule has 0 aliphatic heterocycles. The van der Waals surface area contributed by atoms with E-state index in [0.29, 0.717) is 3.63 Å². The summed E-state index contributed by atoms with van der Waals surface area (Å²) in [6.07, 6.45) is 8.13. The predicted molar refractivity (Wildman–Crippen MR) is 231 cm³/mol. The fourth-order valence-corrected chi connectivity index (χ4v) is 17.2. The molecule has 0 unspecified atom stereocenters. The summed E-state index contributed by atoms with van der Waals surface area (Å²) < 4.78 is 3.44. The van der Waals surface area contributed by atoms with Crippen molar-refractivity contribution >= 4 is 51.2 Å². The Morgan fingerprint density at radius 3 is 1.19 bits per heavy atom. The first-order valence-corrected chi connectivity index (χ1v) is 22.8. The molecule has 0 aromatic heterocycles. The quantitative estimate of drug-likeness (QED) is 0.192. The van der Waals surface area contributed by atoms with Crippen LogP contribution in [-0.4, -0.2) is 3.21 Å². The summed E-state index contributed by atoms with van der Waals surface area (Å²) in [5, 5.41) is 1.53. The minimum absolute atomic E-state index is 0. The number of benzene rings is 4. The molecule has 2 aliphatic carbocycles. The van der Waals surface area contributed by atoms with Gasteiger partial charge in [0, 0.05) is 0 Å². The Morgan fingerprint density at radius 2 is 0.885 bits per heavy atom. The fraction of sp³-hybridized carbons (Fsp3) is 0.383.